The van der Waals surface area contributed by atoms with E-state index in [4.69, 9.17) is 0 Å². The van der Waals surface area contributed by atoms with E-state index >= 15 is 0 Å². The van der Waals surface area contributed by atoms with Crippen molar-refractivity contribution in [3.8, 4) is 0 Å². The highest BCUT2D eigenvalue weighted by atomic mass is 16.6. The molecule has 2 atom stereocenters. The number of rotatable bonds is 3. The summed E-state index contributed by atoms with van der Waals surface area (Å²) in [6, 6.07) is 4.68. The number of nitro groups is 1. The second-order valence-corrected chi connectivity index (χ2v) is 5.40. The highest BCUT2D eigenvalue weighted by Crippen LogP contribution is 2.25. The fraction of sp³-hybridized carbons (Fsp3) is 0.500. The molecule has 1 N–H and O–H groups in total. The van der Waals surface area contributed by atoms with Gasteiger partial charge in [0, 0.05) is 23.7 Å². The maximum Gasteiger partial charge on any atom is 0.270 e. The van der Waals surface area contributed by atoms with Gasteiger partial charge in [-0.3, -0.25) is 14.9 Å². The largest absolute Gasteiger partial charge is 0.349 e. The molecule has 1 fully saturated rings. The number of nitrogens with one attached hydrogen (secondary N) is 1. The number of carbonyl (C=O) groups is 1. The smallest absolute Gasteiger partial charge is 0.270 e. The molecule has 0 saturated heterocycles. The molecule has 2 rings (SSSR count). The lowest BCUT2D eigenvalue weighted by Gasteiger charge is -2.12. The molecule has 1 aromatic rings. The van der Waals surface area contributed by atoms with Crippen molar-refractivity contribution < 1.29 is 9.72 Å². The molecule has 2 unspecified atom stereocenters. The first-order valence-corrected chi connectivity index (χ1v) is 6.52. The Kier molecular flexibility index (Phi) is 3.83. The molecule has 0 heterocycles. The Labute approximate surface area is 112 Å². The molecule has 0 spiro atoms. The van der Waals surface area contributed by atoms with E-state index in [1.807, 2.05) is 0 Å². The van der Waals surface area contributed by atoms with Crippen LogP contribution in [0.25, 0.3) is 0 Å². The monoisotopic (exact) mass is 262 g/mol. The third-order valence-corrected chi connectivity index (χ3v) is 3.57. The zero-order valence-electron chi connectivity index (χ0n) is 11.2. The van der Waals surface area contributed by atoms with Crippen molar-refractivity contribution in [2.24, 2.45) is 5.92 Å². The van der Waals surface area contributed by atoms with Crippen molar-refractivity contribution >= 4 is 11.6 Å². The summed E-state index contributed by atoms with van der Waals surface area (Å²) in [5.41, 5.74) is 1.05. The average molecular weight is 262 g/mol. The van der Waals surface area contributed by atoms with Crippen LogP contribution < -0.4 is 5.32 Å². The second kappa shape index (κ2) is 5.38. The van der Waals surface area contributed by atoms with Gasteiger partial charge in [0.25, 0.3) is 11.6 Å². The van der Waals surface area contributed by atoms with Gasteiger partial charge in [-0.25, -0.2) is 0 Å². The Morgan fingerprint density at radius 1 is 1.37 bits per heavy atom. The van der Waals surface area contributed by atoms with Gasteiger partial charge in [-0.2, -0.15) is 0 Å². The lowest BCUT2D eigenvalue weighted by Crippen LogP contribution is -2.32. The van der Waals surface area contributed by atoms with Gasteiger partial charge in [0.2, 0.25) is 0 Å². The first-order valence-electron chi connectivity index (χ1n) is 6.52. The molecule has 0 aliphatic heterocycles. The van der Waals surface area contributed by atoms with E-state index in [-0.39, 0.29) is 17.6 Å². The first-order chi connectivity index (χ1) is 8.95. The summed E-state index contributed by atoms with van der Waals surface area (Å²) in [6.45, 7) is 3.92. The molecule has 0 bridgehead atoms. The van der Waals surface area contributed by atoms with Crippen LogP contribution in [-0.4, -0.2) is 16.9 Å². The minimum absolute atomic E-state index is 0.0371. The Morgan fingerprint density at radius 2 is 2.11 bits per heavy atom. The standard InChI is InChI=1S/C14H18N2O3/c1-9-3-4-12(6-9)15-14(17)11-5-10(2)7-13(8-11)16(18)19/h5,7-9,12H,3-4,6H2,1-2H3,(H,15,17). The fourth-order valence-corrected chi connectivity index (χ4v) is 2.61. The number of non-ortho nitro benzene ring substituents is 1. The fourth-order valence-electron chi connectivity index (χ4n) is 2.61. The molecule has 1 amide bonds. The van der Waals surface area contributed by atoms with Crippen LogP contribution in [0.5, 0.6) is 0 Å². The quantitative estimate of drug-likeness (QED) is 0.672. The summed E-state index contributed by atoms with van der Waals surface area (Å²) in [5, 5.41) is 13.7. The van der Waals surface area contributed by atoms with Crippen LogP contribution in [0.1, 0.15) is 42.1 Å². The Bertz CT molecular complexity index is 513. The van der Waals surface area contributed by atoms with Crippen LogP contribution in [0.4, 0.5) is 5.69 Å². The summed E-state index contributed by atoms with van der Waals surface area (Å²) in [7, 11) is 0. The molecule has 1 aromatic carbocycles. The van der Waals surface area contributed by atoms with Gasteiger partial charge >= 0.3 is 0 Å². The summed E-state index contributed by atoms with van der Waals surface area (Å²) >= 11 is 0. The number of nitrogens with zero attached hydrogens (tertiary/aromatic N) is 1. The number of hydrogen-bond donors (Lipinski definition) is 1. The third-order valence-electron chi connectivity index (χ3n) is 3.57. The molecule has 19 heavy (non-hydrogen) atoms. The summed E-state index contributed by atoms with van der Waals surface area (Å²) < 4.78 is 0. The van der Waals surface area contributed by atoms with Crippen molar-refractivity contribution in [1.82, 2.24) is 5.32 Å². The number of amides is 1. The van der Waals surface area contributed by atoms with Crippen molar-refractivity contribution in [3.63, 3.8) is 0 Å². The van der Waals surface area contributed by atoms with Gasteiger partial charge in [0.05, 0.1) is 4.92 Å². The second-order valence-electron chi connectivity index (χ2n) is 5.40. The number of nitro benzene ring substituents is 1. The van der Waals surface area contributed by atoms with Crippen molar-refractivity contribution in [2.75, 3.05) is 0 Å². The molecular weight excluding hydrogens is 244 g/mol. The first kappa shape index (κ1) is 13.5. The number of benzene rings is 1. The van der Waals surface area contributed by atoms with Gasteiger partial charge in [-0.15, -0.1) is 0 Å². The highest BCUT2D eigenvalue weighted by molar-refractivity contribution is 5.95. The van der Waals surface area contributed by atoms with Crippen molar-refractivity contribution in [1.29, 1.82) is 0 Å². The van der Waals surface area contributed by atoms with Crippen LogP contribution in [0, 0.1) is 23.0 Å². The van der Waals surface area contributed by atoms with E-state index in [0.717, 1.165) is 24.8 Å². The number of carbonyl (C=O) groups excluding carboxylic acids is 1. The molecule has 102 valence electrons. The minimum atomic E-state index is -0.471. The molecule has 1 saturated carbocycles. The molecule has 0 aromatic heterocycles. The zero-order valence-corrected chi connectivity index (χ0v) is 11.2. The Balaban J connectivity index is 2.12. The van der Waals surface area contributed by atoms with Crippen LogP contribution in [0.2, 0.25) is 0 Å². The average Bonchev–Trinajstić information content (AvgIpc) is 2.73. The van der Waals surface area contributed by atoms with E-state index < -0.39 is 4.92 Å². The Hall–Kier alpha value is -1.91. The van der Waals surface area contributed by atoms with Gasteiger partial charge in [-0.05, 0) is 43.7 Å². The van der Waals surface area contributed by atoms with E-state index in [9.17, 15) is 14.9 Å². The van der Waals surface area contributed by atoms with Crippen LogP contribution in [0.15, 0.2) is 18.2 Å². The van der Waals surface area contributed by atoms with Gasteiger partial charge in [0.1, 0.15) is 0 Å². The predicted molar refractivity (Wildman–Crippen MR) is 72.1 cm³/mol. The van der Waals surface area contributed by atoms with Crippen LogP contribution >= 0.6 is 0 Å². The maximum absolute atomic E-state index is 12.1. The van der Waals surface area contributed by atoms with Crippen molar-refractivity contribution in [2.45, 2.75) is 39.2 Å². The van der Waals surface area contributed by atoms with Gasteiger partial charge in [0.15, 0.2) is 0 Å². The highest BCUT2D eigenvalue weighted by Gasteiger charge is 2.23. The molecule has 1 aliphatic carbocycles. The van der Waals surface area contributed by atoms with E-state index in [2.05, 4.69) is 12.2 Å². The topological polar surface area (TPSA) is 72.2 Å². The third kappa shape index (κ3) is 3.30. The predicted octanol–water partition coefficient (Wildman–Crippen LogP) is 2.82. The Morgan fingerprint density at radius 3 is 2.68 bits per heavy atom. The van der Waals surface area contributed by atoms with E-state index in [1.54, 1.807) is 13.0 Å². The van der Waals surface area contributed by atoms with Gasteiger partial charge in [-0.1, -0.05) is 6.92 Å². The maximum atomic E-state index is 12.1. The lowest BCUT2D eigenvalue weighted by molar-refractivity contribution is -0.384. The van der Waals surface area contributed by atoms with E-state index in [1.165, 1.54) is 12.1 Å². The van der Waals surface area contributed by atoms with Gasteiger partial charge < -0.3 is 5.32 Å². The molecule has 5 heteroatoms. The molecule has 5 nitrogen and oxygen atoms in total. The lowest BCUT2D eigenvalue weighted by atomic mass is 10.1. The summed E-state index contributed by atoms with van der Waals surface area (Å²) in [6.07, 6.45) is 3.10. The van der Waals surface area contributed by atoms with Crippen LogP contribution in [0.3, 0.4) is 0 Å². The zero-order chi connectivity index (χ0) is 14.0. The molecule has 0 radical (unpaired) electrons. The molecule has 1 aliphatic rings. The minimum Gasteiger partial charge on any atom is -0.349 e. The number of aryl methyl sites for hydroxylation is 1. The van der Waals surface area contributed by atoms with Crippen molar-refractivity contribution in [3.05, 3.63) is 39.4 Å². The van der Waals surface area contributed by atoms with E-state index in [0.29, 0.717) is 11.5 Å². The summed E-state index contributed by atoms with van der Waals surface area (Å²) in [5.74, 6) is 0.419. The number of hydrogen-bond acceptors (Lipinski definition) is 3. The normalized spacial score (nSPS) is 22.2. The molecular formula is C14H18N2O3. The SMILES string of the molecule is Cc1cc(C(=O)NC2CCC(C)C2)cc([N+](=O)[O-])c1. The summed E-state index contributed by atoms with van der Waals surface area (Å²) in [4.78, 5) is 22.4. The van der Waals surface area contributed by atoms with Crippen LogP contribution in [-0.2, 0) is 0 Å².